The minimum atomic E-state index is -1.02. The summed E-state index contributed by atoms with van der Waals surface area (Å²) in [7, 11) is 3.25. The van der Waals surface area contributed by atoms with Crippen molar-refractivity contribution >= 4 is 11.9 Å². The summed E-state index contributed by atoms with van der Waals surface area (Å²) in [6.45, 7) is 4.79. The van der Waals surface area contributed by atoms with Gasteiger partial charge in [0.15, 0.2) is 0 Å². The highest BCUT2D eigenvalue weighted by atomic mass is 16.5. The van der Waals surface area contributed by atoms with Crippen LogP contribution in [0.2, 0.25) is 0 Å². The van der Waals surface area contributed by atoms with E-state index in [4.69, 9.17) is 9.47 Å². The van der Waals surface area contributed by atoms with Gasteiger partial charge in [-0.1, -0.05) is 50.6 Å². The maximum atomic E-state index is 14.2. The molecule has 2 aromatic rings. The maximum absolute atomic E-state index is 14.2. The van der Waals surface area contributed by atoms with Gasteiger partial charge in [0.25, 0.3) is 0 Å². The Bertz CT molecular complexity index is 1360. The molecule has 0 radical (unpaired) electrons. The molecule has 0 spiro atoms. The summed E-state index contributed by atoms with van der Waals surface area (Å²) in [5.74, 6) is 1.25. The second kappa shape index (κ2) is 10.9. The number of carbonyl (C=O) groups excluding carboxylic acids is 1. The standard InChI is InChI=1S/C36H43NO5/c1-35-18-5-6-30(35)27-16-11-24-20-28(34(39)40)29(21-36(24,2)31(27)17-19-35)33(38)37-32(22-7-12-25(41-3)13-8-22)23-9-14-26(42-4)15-10-23/h7-15,20,27,29-32H,5-6,16-19,21H2,1-4H3,(H,37,38)(H,39,40)/t27-,29?,30-,31-,35-,36-/m0/s1. The number of hydrogen-bond donors (Lipinski definition) is 2. The van der Waals surface area contributed by atoms with Crippen LogP contribution in [0.4, 0.5) is 0 Å². The number of aliphatic carboxylic acids is 1. The molecule has 0 bridgehead atoms. The zero-order valence-corrected chi connectivity index (χ0v) is 25.2. The van der Waals surface area contributed by atoms with E-state index in [0.717, 1.165) is 47.0 Å². The highest BCUT2D eigenvalue weighted by Crippen LogP contribution is 2.65. The zero-order valence-electron chi connectivity index (χ0n) is 25.2. The van der Waals surface area contributed by atoms with E-state index in [1.807, 2.05) is 54.6 Å². The van der Waals surface area contributed by atoms with Gasteiger partial charge in [-0.2, -0.15) is 0 Å². The normalized spacial score (nSPS) is 31.6. The number of fused-ring (bicyclic) bond motifs is 5. The highest BCUT2D eigenvalue weighted by molar-refractivity contribution is 5.97. The lowest BCUT2D eigenvalue weighted by Crippen LogP contribution is -2.50. The summed E-state index contributed by atoms with van der Waals surface area (Å²) in [4.78, 5) is 26.8. The number of rotatable bonds is 7. The first-order valence-corrected chi connectivity index (χ1v) is 15.4. The molecular formula is C36H43NO5. The predicted molar refractivity (Wildman–Crippen MR) is 162 cm³/mol. The van der Waals surface area contributed by atoms with Crippen LogP contribution in [0.3, 0.4) is 0 Å². The molecule has 4 aliphatic carbocycles. The van der Waals surface area contributed by atoms with Crippen LogP contribution < -0.4 is 14.8 Å². The molecule has 0 heterocycles. The SMILES string of the molecule is COc1ccc(C(NC(=O)C2C[C@@]3(C)C(=CC[C@H]4[C@@H]5CCC[C@@]5(C)CC[C@@H]43)C=C2C(=O)O)c2ccc(OC)cc2)cc1. The van der Waals surface area contributed by atoms with Crippen LogP contribution in [0.1, 0.15) is 76.0 Å². The average molecular weight is 570 g/mol. The molecule has 42 heavy (non-hydrogen) atoms. The number of allylic oxidation sites excluding steroid dienone is 3. The summed E-state index contributed by atoms with van der Waals surface area (Å²) in [5.41, 5.74) is 3.31. The Hall–Kier alpha value is -3.54. The van der Waals surface area contributed by atoms with Crippen LogP contribution >= 0.6 is 0 Å². The smallest absolute Gasteiger partial charge is 0.332 e. The van der Waals surface area contributed by atoms with E-state index in [-0.39, 0.29) is 16.9 Å². The molecule has 6 atom stereocenters. The van der Waals surface area contributed by atoms with Gasteiger partial charge in [-0.25, -0.2) is 4.79 Å². The van der Waals surface area contributed by atoms with E-state index < -0.39 is 17.9 Å². The fourth-order valence-electron chi connectivity index (χ4n) is 9.05. The van der Waals surface area contributed by atoms with Gasteiger partial charge in [0.2, 0.25) is 5.91 Å². The van der Waals surface area contributed by atoms with Crippen molar-refractivity contribution in [3.8, 4) is 11.5 Å². The maximum Gasteiger partial charge on any atom is 0.332 e. The minimum absolute atomic E-state index is 0.194. The molecular weight excluding hydrogens is 526 g/mol. The lowest BCUT2D eigenvalue weighted by atomic mass is 9.48. The molecule has 2 aromatic carbocycles. The van der Waals surface area contributed by atoms with Crippen molar-refractivity contribution in [2.75, 3.05) is 14.2 Å². The molecule has 1 unspecified atom stereocenters. The number of carbonyl (C=O) groups is 2. The average Bonchev–Trinajstić information content (AvgIpc) is 3.41. The summed E-state index contributed by atoms with van der Waals surface area (Å²) in [6, 6.07) is 14.8. The Morgan fingerprint density at radius 3 is 2.10 bits per heavy atom. The Labute approximate surface area is 249 Å². The Morgan fingerprint density at radius 2 is 1.52 bits per heavy atom. The van der Waals surface area contributed by atoms with Gasteiger partial charge >= 0.3 is 5.97 Å². The third kappa shape index (κ3) is 4.83. The van der Waals surface area contributed by atoms with E-state index >= 15 is 0 Å². The van der Waals surface area contributed by atoms with Gasteiger partial charge in [-0.15, -0.1) is 0 Å². The number of hydrogen-bond acceptors (Lipinski definition) is 4. The monoisotopic (exact) mass is 569 g/mol. The largest absolute Gasteiger partial charge is 0.497 e. The van der Waals surface area contributed by atoms with Crippen LogP contribution in [-0.4, -0.2) is 31.2 Å². The zero-order chi connectivity index (χ0) is 29.6. The lowest BCUT2D eigenvalue weighted by molar-refractivity contribution is -0.137. The molecule has 1 amide bonds. The van der Waals surface area contributed by atoms with E-state index in [2.05, 4.69) is 25.2 Å². The molecule has 0 saturated heterocycles. The summed E-state index contributed by atoms with van der Waals surface area (Å²) in [6.07, 6.45) is 12.0. The molecule has 6 rings (SSSR count). The Balaban J connectivity index is 1.33. The van der Waals surface area contributed by atoms with E-state index in [1.54, 1.807) is 14.2 Å². The van der Waals surface area contributed by atoms with Crippen molar-refractivity contribution in [3.63, 3.8) is 0 Å². The highest BCUT2D eigenvalue weighted by Gasteiger charge is 2.57. The Kier molecular flexibility index (Phi) is 7.44. The van der Waals surface area contributed by atoms with Crippen molar-refractivity contribution in [1.82, 2.24) is 5.32 Å². The van der Waals surface area contributed by atoms with Crippen molar-refractivity contribution in [2.24, 2.45) is 34.5 Å². The number of nitrogens with one attached hydrogen (secondary N) is 1. The number of benzene rings is 2. The molecule has 222 valence electrons. The van der Waals surface area contributed by atoms with Gasteiger partial charge in [-0.05, 0) is 114 Å². The van der Waals surface area contributed by atoms with Gasteiger partial charge < -0.3 is 19.9 Å². The second-order valence-corrected chi connectivity index (χ2v) is 13.4. The third-order valence-electron chi connectivity index (χ3n) is 11.4. The predicted octanol–water partition coefficient (Wildman–Crippen LogP) is 7.11. The minimum Gasteiger partial charge on any atom is -0.497 e. The van der Waals surface area contributed by atoms with E-state index in [0.29, 0.717) is 23.7 Å². The molecule has 0 aromatic heterocycles. The number of methoxy groups -OCH3 is 2. The quantitative estimate of drug-likeness (QED) is 0.371. The molecule has 2 saturated carbocycles. The molecule has 6 heteroatoms. The molecule has 0 aliphatic heterocycles. The van der Waals surface area contributed by atoms with Gasteiger partial charge in [0.05, 0.1) is 26.2 Å². The van der Waals surface area contributed by atoms with Crippen LogP contribution in [0.25, 0.3) is 0 Å². The van der Waals surface area contributed by atoms with Gasteiger partial charge in [0, 0.05) is 5.57 Å². The summed E-state index contributed by atoms with van der Waals surface area (Å²) < 4.78 is 10.7. The number of carboxylic acid groups (broad SMARTS) is 1. The van der Waals surface area contributed by atoms with Crippen molar-refractivity contribution in [3.05, 3.63) is 83.0 Å². The number of amides is 1. The molecule has 2 N–H and O–H groups in total. The van der Waals surface area contributed by atoms with E-state index in [9.17, 15) is 14.7 Å². The molecule has 4 aliphatic rings. The van der Waals surface area contributed by atoms with Crippen LogP contribution in [0.15, 0.2) is 71.8 Å². The van der Waals surface area contributed by atoms with Crippen molar-refractivity contribution in [1.29, 1.82) is 0 Å². The second-order valence-electron chi connectivity index (χ2n) is 13.4. The summed E-state index contributed by atoms with van der Waals surface area (Å²) >= 11 is 0. The Morgan fingerprint density at radius 1 is 0.905 bits per heavy atom. The third-order valence-corrected chi connectivity index (χ3v) is 11.4. The van der Waals surface area contributed by atoms with Crippen LogP contribution in [-0.2, 0) is 9.59 Å². The van der Waals surface area contributed by atoms with Crippen LogP contribution in [0.5, 0.6) is 11.5 Å². The first-order chi connectivity index (χ1) is 20.2. The number of carboxylic acids is 1. The lowest BCUT2D eigenvalue weighted by Gasteiger charge is -2.56. The van der Waals surface area contributed by atoms with Gasteiger partial charge in [-0.3, -0.25) is 4.79 Å². The van der Waals surface area contributed by atoms with Gasteiger partial charge in [0.1, 0.15) is 11.5 Å². The fourth-order valence-corrected chi connectivity index (χ4v) is 9.05. The van der Waals surface area contributed by atoms with Crippen molar-refractivity contribution < 1.29 is 24.2 Å². The molecule has 2 fully saturated rings. The summed E-state index contributed by atoms with van der Waals surface area (Å²) in [5, 5.41) is 13.6. The van der Waals surface area contributed by atoms with Crippen LogP contribution in [0, 0.1) is 34.5 Å². The first-order valence-electron chi connectivity index (χ1n) is 15.4. The fraction of sp³-hybridized carbons (Fsp3) is 0.500. The number of ether oxygens (including phenoxy) is 2. The topological polar surface area (TPSA) is 84.9 Å². The van der Waals surface area contributed by atoms with Crippen molar-refractivity contribution in [2.45, 2.75) is 64.8 Å². The molecule has 6 nitrogen and oxygen atoms in total. The first kappa shape index (κ1) is 28.6. The van der Waals surface area contributed by atoms with E-state index in [1.165, 1.54) is 25.7 Å².